The highest BCUT2D eigenvalue weighted by molar-refractivity contribution is 9.10. The lowest BCUT2D eigenvalue weighted by Crippen LogP contribution is -2.64. The first-order valence-electron chi connectivity index (χ1n) is 5.17. The van der Waals surface area contributed by atoms with Crippen molar-refractivity contribution >= 4 is 21.8 Å². The largest absolute Gasteiger partial charge is 0.385 e. The second-order valence-electron chi connectivity index (χ2n) is 4.11. The number of aliphatic hydroxyl groups is 1. The zero-order chi connectivity index (χ0) is 12.5. The zero-order valence-electron chi connectivity index (χ0n) is 8.96. The van der Waals surface area contributed by atoms with Gasteiger partial charge in [-0.2, -0.15) is 0 Å². The second-order valence-corrected chi connectivity index (χ2v) is 4.97. The summed E-state index contributed by atoms with van der Waals surface area (Å²) < 4.78 is 13.8. The van der Waals surface area contributed by atoms with Gasteiger partial charge in [0.1, 0.15) is 11.4 Å². The fourth-order valence-corrected chi connectivity index (χ4v) is 1.92. The molecule has 6 heteroatoms. The Bertz CT molecular complexity index is 449. The van der Waals surface area contributed by atoms with E-state index in [4.69, 9.17) is 0 Å². The molecule has 1 aliphatic rings. The standard InChI is InChI=1S/C11H12BrFN2O2/c12-8-3-1-2-7(9(8)13)10(16)15-6-11(17)4-14-5-11/h1-3,14,17H,4-6H2,(H,15,16). The highest BCUT2D eigenvalue weighted by Crippen LogP contribution is 2.18. The van der Waals surface area contributed by atoms with Gasteiger partial charge in [-0.05, 0) is 28.1 Å². The third-order valence-electron chi connectivity index (χ3n) is 2.68. The Kier molecular flexibility index (Phi) is 3.46. The Morgan fingerprint density at radius 2 is 2.29 bits per heavy atom. The topological polar surface area (TPSA) is 61.4 Å². The molecule has 2 rings (SSSR count). The summed E-state index contributed by atoms with van der Waals surface area (Å²) in [5, 5.41) is 15.2. The van der Waals surface area contributed by atoms with Crippen molar-refractivity contribution in [3.63, 3.8) is 0 Å². The van der Waals surface area contributed by atoms with Crippen LogP contribution in [0.25, 0.3) is 0 Å². The number of hydrogen-bond donors (Lipinski definition) is 3. The summed E-state index contributed by atoms with van der Waals surface area (Å²) in [5.41, 5.74) is -0.937. The number of halogens is 2. The molecular formula is C11H12BrFN2O2. The van der Waals surface area contributed by atoms with Crippen LogP contribution < -0.4 is 10.6 Å². The van der Waals surface area contributed by atoms with Crippen LogP contribution in [0, 0.1) is 5.82 Å². The van der Waals surface area contributed by atoms with Gasteiger partial charge in [-0.25, -0.2) is 4.39 Å². The molecule has 1 aliphatic heterocycles. The maximum atomic E-state index is 13.6. The third-order valence-corrected chi connectivity index (χ3v) is 3.29. The molecule has 0 atom stereocenters. The molecule has 0 unspecified atom stereocenters. The van der Waals surface area contributed by atoms with Crippen molar-refractivity contribution in [1.82, 2.24) is 10.6 Å². The fraction of sp³-hybridized carbons (Fsp3) is 0.364. The molecule has 0 bridgehead atoms. The van der Waals surface area contributed by atoms with Crippen molar-refractivity contribution in [2.45, 2.75) is 5.60 Å². The van der Waals surface area contributed by atoms with E-state index < -0.39 is 17.3 Å². The van der Waals surface area contributed by atoms with Gasteiger partial charge in [-0.15, -0.1) is 0 Å². The van der Waals surface area contributed by atoms with Gasteiger partial charge >= 0.3 is 0 Å². The lowest BCUT2D eigenvalue weighted by atomic mass is 9.97. The number of benzene rings is 1. The molecule has 1 heterocycles. The summed E-state index contributed by atoms with van der Waals surface area (Å²) in [6, 6.07) is 4.51. The number of hydrogen-bond acceptors (Lipinski definition) is 3. The molecule has 0 aromatic heterocycles. The lowest BCUT2D eigenvalue weighted by Gasteiger charge is -2.37. The number of carbonyl (C=O) groups excluding carboxylic acids is 1. The van der Waals surface area contributed by atoms with Gasteiger partial charge in [0.25, 0.3) is 5.91 Å². The van der Waals surface area contributed by atoms with Gasteiger partial charge in [-0.3, -0.25) is 4.79 Å². The fourth-order valence-electron chi connectivity index (χ4n) is 1.56. The molecule has 4 nitrogen and oxygen atoms in total. The maximum Gasteiger partial charge on any atom is 0.254 e. The summed E-state index contributed by atoms with van der Waals surface area (Å²) in [4.78, 5) is 11.7. The summed E-state index contributed by atoms with van der Waals surface area (Å²) in [6.45, 7) is 0.993. The van der Waals surface area contributed by atoms with Crippen molar-refractivity contribution in [3.8, 4) is 0 Å². The molecule has 92 valence electrons. The van der Waals surface area contributed by atoms with Crippen LogP contribution in [0.2, 0.25) is 0 Å². The van der Waals surface area contributed by atoms with Crippen molar-refractivity contribution in [1.29, 1.82) is 0 Å². The Morgan fingerprint density at radius 1 is 1.59 bits per heavy atom. The van der Waals surface area contributed by atoms with Crippen molar-refractivity contribution in [2.24, 2.45) is 0 Å². The van der Waals surface area contributed by atoms with E-state index >= 15 is 0 Å². The smallest absolute Gasteiger partial charge is 0.254 e. The van der Waals surface area contributed by atoms with Crippen molar-refractivity contribution < 1.29 is 14.3 Å². The van der Waals surface area contributed by atoms with Crippen molar-refractivity contribution in [2.75, 3.05) is 19.6 Å². The van der Waals surface area contributed by atoms with Gasteiger partial charge in [0.15, 0.2) is 0 Å². The summed E-state index contributed by atoms with van der Waals surface area (Å²) in [5.74, 6) is -1.12. The zero-order valence-corrected chi connectivity index (χ0v) is 10.6. The predicted octanol–water partition coefficient (Wildman–Crippen LogP) is 0.652. The second kappa shape index (κ2) is 4.72. The van der Waals surface area contributed by atoms with E-state index in [2.05, 4.69) is 26.6 Å². The maximum absolute atomic E-state index is 13.6. The van der Waals surface area contributed by atoms with Crippen LogP contribution in [0.15, 0.2) is 22.7 Å². The van der Waals surface area contributed by atoms with E-state index in [0.717, 1.165) is 0 Å². The minimum Gasteiger partial charge on any atom is -0.385 e. The molecule has 17 heavy (non-hydrogen) atoms. The summed E-state index contributed by atoms with van der Waals surface area (Å²) in [7, 11) is 0. The molecule has 1 aromatic rings. The summed E-state index contributed by atoms with van der Waals surface area (Å²) >= 11 is 3.02. The molecule has 1 amide bonds. The highest BCUT2D eigenvalue weighted by Gasteiger charge is 2.34. The van der Waals surface area contributed by atoms with Crippen LogP contribution >= 0.6 is 15.9 Å². The molecule has 0 spiro atoms. The normalized spacial score (nSPS) is 17.4. The van der Waals surface area contributed by atoms with Crippen molar-refractivity contribution in [3.05, 3.63) is 34.1 Å². The van der Waals surface area contributed by atoms with Crippen LogP contribution in [-0.2, 0) is 0 Å². The van der Waals surface area contributed by atoms with Gasteiger partial charge in [0.2, 0.25) is 0 Å². The van der Waals surface area contributed by atoms with Gasteiger partial charge in [0.05, 0.1) is 10.0 Å². The van der Waals surface area contributed by atoms with E-state index in [1.165, 1.54) is 12.1 Å². The molecular weight excluding hydrogens is 291 g/mol. The Morgan fingerprint density at radius 3 is 2.88 bits per heavy atom. The number of nitrogens with one attached hydrogen (secondary N) is 2. The Hall–Kier alpha value is -0.980. The van der Waals surface area contributed by atoms with E-state index in [9.17, 15) is 14.3 Å². The molecule has 1 saturated heterocycles. The average Bonchev–Trinajstić information content (AvgIpc) is 2.27. The van der Waals surface area contributed by atoms with E-state index in [-0.39, 0.29) is 16.6 Å². The number of amides is 1. The third kappa shape index (κ3) is 2.65. The van der Waals surface area contributed by atoms with E-state index in [1.807, 2.05) is 0 Å². The quantitative estimate of drug-likeness (QED) is 0.768. The number of rotatable bonds is 3. The monoisotopic (exact) mass is 302 g/mol. The van der Waals surface area contributed by atoms with E-state index in [0.29, 0.717) is 13.1 Å². The average molecular weight is 303 g/mol. The van der Waals surface area contributed by atoms with Crippen LogP contribution in [-0.4, -0.2) is 36.2 Å². The first-order valence-corrected chi connectivity index (χ1v) is 5.96. The van der Waals surface area contributed by atoms with Gasteiger partial charge in [0, 0.05) is 19.6 Å². The number of carbonyl (C=O) groups is 1. The molecule has 0 radical (unpaired) electrons. The van der Waals surface area contributed by atoms with Crippen LogP contribution in [0.3, 0.4) is 0 Å². The molecule has 1 fully saturated rings. The van der Waals surface area contributed by atoms with Crippen LogP contribution in [0.1, 0.15) is 10.4 Å². The Labute approximate surface area is 106 Å². The molecule has 1 aromatic carbocycles. The first-order chi connectivity index (χ1) is 8.02. The predicted molar refractivity (Wildman–Crippen MR) is 64.3 cm³/mol. The Balaban J connectivity index is 2.02. The van der Waals surface area contributed by atoms with Crippen LogP contribution in [0.4, 0.5) is 4.39 Å². The lowest BCUT2D eigenvalue weighted by molar-refractivity contribution is -0.00763. The van der Waals surface area contributed by atoms with Gasteiger partial charge in [-0.1, -0.05) is 6.07 Å². The minimum absolute atomic E-state index is 0.0322. The van der Waals surface area contributed by atoms with Gasteiger partial charge < -0.3 is 15.7 Å². The molecule has 0 aliphatic carbocycles. The first kappa shape index (κ1) is 12.5. The molecule has 0 saturated carbocycles. The summed E-state index contributed by atoms with van der Waals surface area (Å²) in [6.07, 6.45) is 0. The number of β-amino-alcohol motifs (C(OH)–C–C–N with tert-alkyl or cyclic N) is 1. The van der Waals surface area contributed by atoms with E-state index in [1.54, 1.807) is 6.07 Å². The molecule has 3 N–H and O–H groups in total. The van der Waals surface area contributed by atoms with Crippen LogP contribution in [0.5, 0.6) is 0 Å². The SMILES string of the molecule is O=C(NCC1(O)CNC1)c1cccc(Br)c1F. The minimum atomic E-state index is -0.905. The highest BCUT2D eigenvalue weighted by atomic mass is 79.9.